The summed E-state index contributed by atoms with van der Waals surface area (Å²) in [6.07, 6.45) is 2.50. The van der Waals surface area contributed by atoms with E-state index in [9.17, 15) is 5.11 Å². The lowest BCUT2D eigenvalue weighted by molar-refractivity contribution is 0.0630. The molecule has 1 N–H and O–H groups in total. The fourth-order valence-electron chi connectivity index (χ4n) is 4.59. The van der Waals surface area contributed by atoms with E-state index in [4.69, 9.17) is 9.15 Å². The van der Waals surface area contributed by atoms with Crippen molar-refractivity contribution < 1.29 is 14.3 Å². The van der Waals surface area contributed by atoms with Crippen LogP contribution in [0.4, 0.5) is 0 Å². The average Bonchev–Trinajstić information content (AvgIpc) is 3.64. The van der Waals surface area contributed by atoms with Gasteiger partial charge in [0.15, 0.2) is 5.60 Å². The van der Waals surface area contributed by atoms with Crippen molar-refractivity contribution in [3.8, 4) is 0 Å². The molecule has 0 aliphatic carbocycles. The fraction of sp³-hybridized carbons (Fsp3) is 0.286. The van der Waals surface area contributed by atoms with Crippen LogP contribution >= 0.6 is 11.3 Å². The van der Waals surface area contributed by atoms with E-state index in [1.54, 1.807) is 11.3 Å². The van der Waals surface area contributed by atoms with Gasteiger partial charge in [0.2, 0.25) is 0 Å². The van der Waals surface area contributed by atoms with Crippen molar-refractivity contribution in [2.45, 2.75) is 37.6 Å². The Morgan fingerprint density at radius 2 is 1.64 bits per heavy atom. The second-order valence-corrected chi connectivity index (χ2v) is 9.42. The van der Waals surface area contributed by atoms with Crippen molar-refractivity contribution in [1.29, 1.82) is 0 Å². The Kier molecular flexibility index (Phi) is 6.74. The van der Waals surface area contributed by atoms with E-state index in [1.165, 1.54) is 5.56 Å². The molecule has 0 bridgehead atoms. The highest BCUT2D eigenvalue weighted by Crippen LogP contribution is 2.37. The van der Waals surface area contributed by atoms with Crippen molar-refractivity contribution in [3.05, 3.63) is 118 Å². The van der Waals surface area contributed by atoms with E-state index in [1.807, 2.05) is 72.8 Å². The molecular formula is C28H29NO3S. The van der Waals surface area contributed by atoms with Crippen LogP contribution in [0.5, 0.6) is 0 Å². The van der Waals surface area contributed by atoms with Gasteiger partial charge in [-0.2, -0.15) is 11.3 Å². The number of aliphatic hydroxyl groups is 1. The van der Waals surface area contributed by atoms with E-state index in [0.29, 0.717) is 12.3 Å². The molecule has 170 valence electrons. The lowest BCUT2D eigenvalue weighted by Crippen LogP contribution is -2.31. The maximum Gasteiger partial charge on any atom is 0.173 e. The average molecular weight is 460 g/mol. The van der Waals surface area contributed by atoms with E-state index < -0.39 is 5.60 Å². The van der Waals surface area contributed by atoms with Crippen LogP contribution in [0.2, 0.25) is 0 Å². The summed E-state index contributed by atoms with van der Waals surface area (Å²) in [5.74, 6) is 1.37. The van der Waals surface area contributed by atoms with Crippen LogP contribution in [0.1, 0.15) is 41.1 Å². The van der Waals surface area contributed by atoms with Crippen molar-refractivity contribution >= 4 is 11.3 Å². The Hall–Kier alpha value is -2.70. The van der Waals surface area contributed by atoms with Crippen molar-refractivity contribution in [1.82, 2.24) is 4.90 Å². The van der Waals surface area contributed by atoms with E-state index in [0.717, 1.165) is 49.4 Å². The largest absolute Gasteiger partial charge is 0.461 e. The van der Waals surface area contributed by atoms with Gasteiger partial charge in [0.1, 0.15) is 11.5 Å². The second-order valence-electron chi connectivity index (χ2n) is 8.64. The summed E-state index contributed by atoms with van der Waals surface area (Å²) in [5.41, 5.74) is 1.51. The SMILES string of the molecule is OC(c1ccccc1)(c1ccccc1)c1ccc(CN(Cc2ccsc2)C[C@@H]2CCCO2)o1. The lowest BCUT2D eigenvalue weighted by Gasteiger charge is -2.27. The van der Waals surface area contributed by atoms with Crippen LogP contribution in [0, 0.1) is 0 Å². The first-order chi connectivity index (χ1) is 16.2. The van der Waals surface area contributed by atoms with Crippen LogP contribution in [-0.2, 0) is 23.4 Å². The minimum atomic E-state index is -1.35. The van der Waals surface area contributed by atoms with E-state index in [2.05, 4.69) is 21.7 Å². The van der Waals surface area contributed by atoms with Gasteiger partial charge in [-0.3, -0.25) is 4.90 Å². The minimum Gasteiger partial charge on any atom is -0.461 e. The van der Waals surface area contributed by atoms with E-state index in [-0.39, 0.29) is 6.10 Å². The van der Waals surface area contributed by atoms with Crippen LogP contribution in [0.15, 0.2) is 94.0 Å². The summed E-state index contributed by atoms with van der Waals surface area (Å²) in [7, 11) is 0. The molecule has 4 nitrogen and oxygen atoms in total. The van der Waals surface area contributed by atoms with Gasteiger partial charge in [0, 0.05) is 19.7 Å². The van der Waals surface area contributed by atoms with Gasteiger partial charge >= 0.3 is 0 Å². The van der Waals surface area contributed by atoms with Gasteiger partial charge in [0.05, 0.1) is 12.6 Å². The quantitative estimate of drug-likeness (QED) is 0.343. The maximum atomic E-state index is 12.0. The second kappa shape index (κ2) is 10.1. The molecule has 5 heteroatoms. The number of furan rings is 1. The third-order valence-corrected chi connectivity index (χ3v) is 6.98. The summed E-state index contributed by atoms with van der Waals surface area (Å²) >= 11 is 1.72. The van der Waals surface area contributed by atoms with Gasteiger partial charge in [-0.25, -0.2) is 0 Å². The topological polar surface area (TPSA) is 45.8 Å². The summed E-state index contributed by atoms with van der Waals surface area (Å²) < 4.78 is 12.2. The molecule has 1 aliphatic rings. The van der Waals surface area contributed by atoms with E-state index >= 15 is 0 Å². The summed E-state index contributed by atoms with van der Waals surface area (Å²) in [4.78, 5) is 2.38. The Labute approximate surface area is 199 Å². The molecule has 1 fully saturated rings. The third kappa shape index (κ3) is 4.97. The first-order valence-electron chi connectivity index (χ1n) is 11.5. The summed E-state index contributed by atoms with van der Waals surface area (Å²) in [6.45, 7) is 3.23. The van der Waals surface area contributed by atoms with Crippen molar-refractivity contribution in [3.63, 3.8) is 0 Å². The highest BCUT2D eigenvalue weighted by atomic mass is 32.1. The fourth-order valence-corrected chi connectivity index (χ4v) is 5.25. The molecule has 2 aromatic carbocycles. The zero-order valence-corrected chi connectivity index (χ0v) is 19.4. The molecule has 0 saturated carbocycles. The number of benzene rings is 2. The van der Waals surface area contributed by atoms with Crippen molar-refractivity contribution in [2.75, 3.05) is 13.2 Å². The number of nitrogens with zero attached hydrogens (tertiary/aromatic N) is 1. The predicted molar refractivity (Wildman–Crippen MR) is 131 cm³/mol. The molecule has 0 unspecified atom stereocenters. The molecule has 1 saturated heterocycles. The molecule has 0 amide bonds. The Balaban J connectivity index is 1.43. The Morgan fingerprint density at radius 1 is 0.909 bits per heavy atom. The summed E-state index contributed by atoms with van der Waals surface area (Å²) in [6, 6.07) is 25.5. The number of thiophene rings is 1. The molecule has 0 spiro atoms. The van der Waals surface area contributed by atoms with Crippen LogP contribution in [-0.4, -0.2) is 29.3 Å². The van der Waals surface area contributed by atoms with Gasteiger partial charge in [-0.15, -0.1) is 0 Å². The predicted octanol–water partition coefficient (Wildman–Crippen LogP) is 5.81. The maximum absolute atomic E-state index is 12.0. The number of rotatable bonds is 9. The normalized spacial score (nSPS) is 16.5. The number of hydrogen-bond donors (Lipinski definition) is 1. The van der Waals surface area contributed by atoms with Gasteiger partial charge in [0.25, 0.3) is 0 Å². The molecule has 2 aromatic heterocycles. The highest BCUT2D eigenvalue weighted by Gasteiger charge is 2.37. The standard InChI is InChI=1S/C28H29NO3S/c30-28(23-8-3-1-4-9-23,24-10-5-2-6-11-24)27-14-13-26(32-27)20-29(18-22-15-17-33-21-22)19-25-12-7-16-31-25/h1-6,8-11,13-15,17,21,25,30H,7,12,16,18-20H2/t25-/m0/s1. The molecule has 1 atom stereocenters. The summed E-state index contributed by atoms with van der Waals surface area (Å²) in [5, 5.41) is 16.3. The first kappa shape index (κ1) is 22.1. The minimum absolute atomic E-state index is 0.267. The van der Waals surface area contributed by atoms with Crippen LogP contribution in [0.25, 0.3) is 0 Å². The highest BCUT2D eigenvalue weighted by molar-refractivity contribution is 7.07. The molecule has 0 radical (unpaired) electrons. The smallest absolute Gasteiger partial charge is 0.173 e. The molecule has 1 aliphatic heterocycles. The zero-order chi connectivity index (χ0) is 22.5. The van der Waals surface area contributed by atoms with Crippen molar-refractivity contribution in [2.24, 2.45) is 0 Å². The molecule has 33 heavy (non-hydrogen) atoms. The lowest BCUT2D eigenvalue weighted by atomic mass is 9.84. The van der Waals surface area contributed by atoms with Gasteiger partial charge in [-0.1, -0.05) is 60.7 Å². The van der Waals surface area contributed by atoms with Gasteiger partial charge in [-0.05, 0) is 58.5 Å². The Morgan fingerprint density at radius 3 is 2.24 bits per heavy atom. The van der Waals surface area contributed by atoms with Crippen LogP contribution in [0.3, 0.4) is 0 Å². The number of hydrogen-bond acceptors (Lipinski definition) is 5. The zero-order valence-electron chi connectivity index (χ0n) is 18.6. The monoisotopic (exact) mass is 459 g/mol. The molecule has 5 rings (SSSR count). The van der Waals surface area contributed by atoms with Crippen LogP contribution < -0.4 is 0 Å². The molecule has 3 heterocycles. The van der Waals surface area contributed by atoms with Gasteiger partial charge < -0.3 is 14.3 Å². The Bertz CT molecular complexity index is 1080. The molecule has 4 aromatic rings. The number of ether oxygens (including phenoxy) is 1. The first-order valence-corrected chi connectivity index (χ1v) is 12.4. The third-order valence-electron chi connectivity index (χ3n) is 6.25. The molecular weight excluding hydrogens is 430 g/mol.